The summed E-state index contributed by atoms with van der Waals surface area (Å²) in [6.07, 6.45) is 6.69. The molecule has 21 heavy (non-hydrogen) atoms. The minimum absolute atomic E-state index is 0.104. The summed E-state index contributed by atoms with van der Waals surface area (Å²) in [5.41, 5.74) is 7.51. The monoisotopic (exact) mass is 291 g/mol. The Balaban J connectivity index is 1.94. The Morgan fingerprint density at radius 1 is 1.24 bits per heavy atom. The van der Waals surface area contributed by atoms with Crippen LogP contribution in [0.1, 0.15) is 44.1 Å². The maximum atomic E-state index is 6.71. The zero-order valence-electron chi connectivity index (χ0n) is 12.8. The standard InChI is InChI=1S/C17H25NO3/c1-19-15-7-5-6-14(17(18)9-3-2-4-10-17)16(15)21-13-8-11-20-12-13/h5-7,13H,2-4,8-12,18H2,1H3. The van der Waals surface area contributed by atoms with Crippen molar-refractivity contribution in [3.05, 3.63) is 23.8 Å². The van der Waals surface area contributed by atoms with Gasteiger partial charge in [0.2, 0.25) is 0 Å². The summed E-state index contributed by atoms with van der Waals surface area (Å²) in [6.45, 7) is 1.41. The van der Waals surface area contributed by atoms with Crippen molar-refractivity contribution in [1.29, 1.82) is 0 Å². The molecule has 1 aliphatic heterocycles. The van der Waals surface area contributed by atoms with Gasteiger partial charge in [-0.05, 0) is 18.9 Å². The highest BCUT2D eigenvalue weighted by Gasteiger charge is 2.34. The maximum Gasteiger partial charge on any atom is 0.166 e. The molecule has 1 unspecified atom stereocenters. The lowest BCUT2D eigenvalue weighted by Crippen LogP contribution is -2.39. The zero-order valence-corrected chi connectivity index (χ0v) is 12.8. The molecule has 0 amide bonds. The van der Waals surface area contributed by atoms with Gasteiger partial charge in [-0.2, -0.15) is 0 Å². The van der Waals surface area contributed by atoms with E-state index < -0.39 is 0 Å². The predicted molar refractivity (Wildman–Crippen MR) is 81.8 cm³/mol. The first-order valence-corrected chi connectivity index (χ1v) is 7.94. The number of hydrogen-bond donors (Lipinski definition) is 1. The molecular formula is C17H25NO3. The highest BCUT2D eigenvalue weighted by molar-refractivity contribution is 5.50. The first-order valence-electron chi connectivity index (χ1n) is 7.94. The highest BCUT2D eigenvalue weighted by atomic mass is 16.6. The van der Waals surface area contributed by atoms with Crippen LogP contribution in [0, 0.1) is 0 Å². The van der Waals surface area contributed by atoms with Crippen LogP contribution in [0.25, 0.3) is 0 Å². The molecule has 0 spiro atoms. The van der Waals surface area contributed by atoms with Crippen LogP contribution in [0.4, 0.5) is 0 Å². The van der Waals surface area contributed by atoms with Crippen LogP contribution >= 0.6 is 0 Å². The fraction of sp³-hybridized carbons (Fsp3) is 0.647. The molecule has 1 atom stereocenters. The fourth-order valence-electron chi connectivity index (χ4n) is 3.41. The summed E-state index contributed by atoms with van der Waals surface area (Å²) < 4.78 is 17.1. The minimum Gasteiger partial charge on any atom is -0.493 e. The first kappa shape index (κ1) is 14.7. The Kier molecular flexibility index (Phi) is 4.36. The van der Waals surface area contributed by atoms with Crippen LogP contribution < -0.4 is 15.2 Å². The molecule has 3 rings (SSSR count). The van der Waals surface area contributed by atoms with E-state index in [0.717, 1.165) is 42.9 Å². The lowest BCUT2D eigenvalue weighted by molar-refractivity contribution is 0.135. The molecule has 0 aromatic heterocycles. The van der Waals surface area contributed by atoms with E-state index in [4.69, 9.17) is 19.9 Å². The van der Waals surface area contributed by atoms with Crippen molar-refractivity contribution in [1.82, 2.24) is 0 Å². The molecule has 0 radical (unpaired) electrons. The maximum absolute atomic E-state index is 6.71. The van der Waals surface area contributed by atoms with Gasteiger partial charge in [0.25, 0.3) is 0 Å². The normalized spacial score (nSPS) is 24.8. The molecule has 1 aromatic carbocycles. The summed E-state index contributed by atoms with van der Waals surface area (Å²) in [6, 6.07) is 6.05. The minimum atomic E-state index is -0.290. The van der Waals surface area contributed by atoms with Crippen LogP contribution in [0.15, 0.2) is 18.2 Å². The smallest absolute Gasteiger partial charge is 0.166 e. The lowest BCUT2D eigenvalue weighted by atomic mass is 9.77. The number of para-hydroxylation sites is 1. The second-order valence-electron chi connectivity index (χ2n) is 6.16. The molecule has 116 valence electrons. The molecule has 2 fully saturated rings. The van der Waals surface area contributed by atoms with Gasteiger partial charge in [-0.1, -0.05) is 31.4 Å². The molecule has 2 N–H and O–H groups in total. The van der Waals surface area contributed by atoms with Gasteiger partial charge in [0, 0.05) is 17.5 Å². The van der Waals surface area contributed by atoms with Crippen LogP contribution in [-0.4, -0.2) is 26.4 Å². The predicted octanol–water partition coefficient (Wildman–Crippen LogP) is 2.98. The molecular weight excluding hydrogens is 266 g/mol. The number of hydrogen-bond acceptors (Lipinski definition) is 4. The molecule has 1 aliphatic carbocycles. The number of rotatable bonds is 4. The quantitative estimate of drug-likeness (QED) is 0.926. The third kappa shape index (κ3) is 3.01. The van der Waals surface area contributed by atoms with Crippen molar-refractivity contribution in [3.8, 4) is 11.5 Å². The number of methoxy groups -OCH3 is 1. The van der Waals surface area contributed by atoms with Gasteiger partial charge in [-0.3, -0.25) is 0 Å². The van der Waals surface area contributed by atoms with Crippen molar-refractivity contribution in [2.24, 2.45) is 5.73 Å². The Labute approximate surface area is 126 Å². The van der Waals surface area contributed by atoms with Gasteiger partial charge in [-0.25, -0.2) is 0 Å². The first-order chi connectivity index (χ1) is 10.2. The van der Waals surface area contributed by atoms with Crippen molar-refractivity contribution in [3.63, 3.8) is 0 Å². The molecule has 4 heteroatoms. The Hall–Kier alpha value is -1.26. The summed E-state index contributed by atoms with van der Waals surface area (Å²) in [5, 5.41) is 0. The number of nitrogens with two attached hydrogens (primary N) is 1. The van der Waals surface area contributed by atoms with Gasteiger partial charge >= 0.3 is 0 Å². The Morgan fingerprint density at radius 3 is 2.71 bits per heavy atom. The van der Waals surface area contributed by atoms with Crippen LogP contribution in [-0.2, 0) is 10.3 Å². The lowest BCUT2D eigenvalue weighted by Gasteiger charge is -2.35. The number of ether oxygens (including phenoxy) is 3. The van der Waals surface area contributed by atoms with Crippen LogP contribution in [0.2, 0.25) is 0 Å². The molecule has 1 aromatic rings. The van der Waals surface area contributed by atoms with E-state index in [0.29, 0.717) is 6.61 Å². The van der Waals surface area contributed by atoms with E-state index in [1.807, 2.05) is 12.1 Å². The topological polar surface area (TPSA) is 53.7 Å². The van der Waals surface area contributed by atoms with Crippen LogP contribution in [0.5, 0.6) is 11.5 Å². The van der Waals surface area contributed by atoms with E-state index in [-0.39, 0.29) is 11.6 Å². The van der Waals surface area contributed by atoms with Crippen LogP contribution in [0.3, 0.4) is 0 Å². The summed E-state index contributed by atoms with van der Waals surface area (Å²) in [5.74, 6) is 1.59. The van der Waals surface area contributed by atoms with E-state index in [9.17, 15) is 0 Å². The molecule has 2 aliphatic rings. The van der Waals surface area contributed by atoms with E-state index in [1.165, 1.54) is 19.3 Å². The third-order valence-corrected chi connectivity index (χ3v) is 4.65. The van der Waals surface area contributed by atoms with Gasteiger partial charge in [0.15, 0.2) is 11.5 Å². The SMILES string of the molecule is COc1cccc(C2(N)CCCCC2)c1OC1CCOC1. The molecule has 4 nitrogen and oxygen atoms in total. The molecule has 0 bridgehead atoms. The molecule has 1 saturated heterocycles. The van der Waals surface area contributed by atoms with Gasteiger partial charge in [-0.15, -0.1) is 0 Å². The average Bonchev–Trinajstić information content (AvgIpc) is 3.01. The summed E-state index contributed by atoms with van der Waals surface area (Å²) >= 11 is 0. The highest BCUT2D eigenvalue weighted by Crippen LogP contribution is 2.43. The van der Waals surface area contributed by atoms with Crippen molar-refractivity contribution < 1.29 is 14.2 Å². The Bertz CT molecular complexity index is 477. The third-order valence-electron chi connectivity index (χ3n) is 4.65. The molecule has 1 saturated carbocycles. The van der Waals surface area contributed by atoms with Crippen molar-refractivity contribution in [2.45, 2.75) is 50.2 Å². The van der Waals surface area contributed by atoms with E-state index in [2.05, 4.69) is 6.07 Å². The average molecular weight is 291 g/mol. The van der Waals surface area contributed by atoms with E-state index in [1.54, 1.807) is 7.11 Å². The van der Waals surface area contributed by atoms with Gasteiger partial charge in [0.1, 0.15) is 6.10 Å². The molecule has 1 heterocycles. The summed E-state index contributed by atoms with van der Waals surface area (Å²) in [4.78, 5) is 0. The summed E-state index contributed by atoms with van der Waals surface area (Å²) in [7, 11) is 1.68. The number of benzene rings is 1. The Morgan fingerprint density at radius 2 is 2.05 bits per heavy atom. The largest absolute Gasteiger partial charge is 0.493 e. The fourth-order valence-corrected chi connectivity index (χ4v) is 3.41. The zero-order chi connectivity index (χ0) is 14.7. The second kappa shape index (κ2) is 6.24. The van der Waals surface area contributed by atoms with Crippen molar-refractivity contribution in [2.75, 3.05) is 20.3 Å². The van der Waals surface area contributed by atoms with Gasteiger partial charge in [0.05, 0.1) is 20.3 Å². The second-order valence-corrected chi connectivity index (χ2v) is 6.16. The van der Waals surface area contributed by atoms with Crippen molar-refractivity contribution >= 4 is 0 Å². The van der Waals surface area contributed by atoms with Gasteiger partial charge < -0.3 is 19.9 Å². The van der Waals surface area contributed by atoms with E-state index >= 15 is 0 Å².